The van der Waals surface area contributed by atoms with Crippen molar-refractivity contribution in [2.45, 2.75) is 111 Å². The second-order valence-corrected chi connectivity index (χ2v) is 13.6. The van der Waals surface area contributed by atoms with E-state index in [1.54, 1.807) is 0 Å². The van der Waals surface area contributed by atoms with Gasteiger partial charge in [-0.3, -0.25) is 4.79 Å². The van der Waals surface area contributed by atoms with Gasteiger partial charge in [0.2, 0.25) is 0 Å². The zero-order valence-electron chi connectivity index (χ0n) is 23.2. The molecule has 4 saturated carbocycles. The van der Waals surface area contributed by atoms with Crippen molar-refractivity contribution in [1.82, 2.24) is 0 Å². The van der Waals surface area contributed by atoms with Gasteiger partial charge in [-0.25, -0.2) is 0 Å². The normalized spacial score (nSPS) is 42.2. The van der Waals surface area contributed by atoms with Crippen molar-refractivity contribution in [3.05, 3.63) is 35.9 Å². The number of fused-ring (bicyclic) bond motifs is 5. The lowest BCUT2D eigenvalue weighted by atomic mass is 9.43. The third-order valence-corrected chi connectivity index (χ3v) is 11.9. The lowest BCUT2D eigenvalue weighted by Gasteiger charge is -2.63. The Morgan fingerprint density at radius 2 is 1.69 bits per heavy atom. The van der Waals surface area contributed by atoms with Crippen molar-refractivity contribution < 1.29 is 19.4 Å². The van der Waals surface area contributed by atoms with Crippen LogP contribution >= 0.6 is 0 Å². The van der Waals surface area contributed by atoms with Gasteiger partial charge in [0.1, 0.15) is 0 Å². The fraction of sp³-hybridized carbons (Fsp3) is 0.781. The Labute approximate surface area is 218 Å². The molecule has 4 aliphatic rings. The minimum absolute atomic E-state index is 0.254. The van der Waals surface area contributed by atoms with E-state index < -0.39 is 11.0 Å². The van der Waals surface area contributed by atoms with E-state index in [0.29, 0.717) is 25.0 Å². The maximum absolute atomic E-state index is 12.8. The van der Waals surface area contributed by atoms with Crippen LogP contribution in [-0.4, -0.2) is 29.4 Å². The molecule has 1 N–H and O–H groups in total. The molecule has 8 atom stereocenters. The number of esters is 1. The first-order valence-corrected chi connectivity index (χ1v) is 14.6. The molecule has 1 aromatic carbocycles. The lowest BCUT2D eigenvalue weighted by molar-refractivity contribution is -0.200. The Kier molecular flexibility index (Phi) is 6.86. The van der Waals surface area contributed by atoms with Crippen molar-refractivity contribution in [3.63, 3.8) is 0 Å². The first-order valence-electron chi connectivity index (χ1n) is 14.6. The summed E-state index contributed by atoms with van der Waals surface area (Å²) < 4.78 is 12.0. The van der Waals surface area contributed by atoms with Crippen LogP contribution in [0.15, 0.2) is 30.3 Å². The third-order valence-electron chi connectivity index (χ3n) is 11.9. The molecule has 1 aromatic rings. The fourth-order valence-corrected chi connectivity index (χ4v) is 9.31. The quantitative estimate of drug-likeness (QED) is 0.434. The molecule has 0 aromatic heterocycles. The molecule has 0 heterocycles. The van der Waals surface area contributed by atoms with E-state index in [0.717, 1.165) is 37.2 Å². The number of hydrogen-bond acceptors (Lipinski definition) is 4. The average molecular weight is 497 g/mol. The van der Waals surface area contributed by atoms with Crippen LogP contribution in [0.3, 0.4) is 0 Å². The molecule has 5 rings (SSSR count). The molecule has 4 fully saturated rings. The van der Waals surface area contributed by atoms with Gasteiger partial charge in [0.25, 0.3) is 0 Å². The van der Waals surface area contributed by atoms with E-state index in [1.165, 1.54) is 44.1 Å². The minimum atomic E-state index is -0.983. The molecule has 4 heteroatoms. The van der Waals surface area contributed by atoms with Crippen LogP contribution in [0.1, 0.15) is 98.0 Å². The van der Waals surface area contributed by atoms with Crippen LogP contribution in [0.25, 0.3) is 0 Å². The Morgan fingerprint density at radius 3 is 2.42 bits per heavy atom. The first kappa shape index (κ1) is 26.2. The van der Waals surface area contributed by atoms with Gasteiger partial charge in [-0.1, -0.05) is 44.2 Å². The molecule has 0 unspecified atom stereocenters. The zero-order valence-corrected chi connectivity index (χ0v) is 23.2. The summed E-state index contributed by atoms with van der Waals surface area (Å²) in [5, 5.41) is 11.8. The average Bonchev–Trinajstić information content (AvgIpc) is 3.20. The number of hydrogen-bond donors (Lipinski definition) is 1. The van der Waals surface area contributed by atoms with Crippen LogP contribution in [0, 0.1) is 39.9 Å². The maximum atomic E-state index is 12.8. The number of carbonyl (C=O) groups excluding carboxylic acids is 1. The molecule has 4 aliphatic carbocycles. The molecule has 0 aliphatic heterocycles. The van der Waals surface area contributed by atoms with E-state index in [4.69, 9.17) is 9.47 Å². The molecular weight excluding hydrogens is 448 g/mol. The summed E-state index contributed by atoms with van der Waals surface area (Å²) in [5.41, 5.74) is -0.0544. The molecule has 0 bridgehead atoms. The van der Waals surface area contributed by atoms with Gasteiger partial charge in [-0.05, 0) is 119 Å². The van der Waals surface area contributed by atoms with E-state index in [2.05, 4.69) is 44.2 Å². The molecule has 0 amide bonds. The van der Waals surface area contributed by atoms with Crippen LogP contribution < -0.4 is 0 Å². The second-order valence-electron chi connectivity index (χ2n) is 13.6. The Balaban J connectivity index is 1.29. The van der Waals surface area contributed by atoms with Crippen molar-refractivity contribution >= 4 is 5.97 Å². The predicted octanol–water partition coefficient (Wildman–Crippen LogP) is 6.93. The Bertz CT molecular complexity index is 943. The smallest absolute Gasteiger partial charge is 0.314 e. The van der Waals surface area contributed by atoms with Gasteiger partial charge in [0.15, 0.2) is 0 Å². The van der Waals surface area contributed by atoms with Crippen LogP contribution in [0.2, 0.25) is 0 Å². The molecule has 0 spiro atoms. The monoisotopic (exact) mass is 496 g/mol. The topological polar surface area (TPSA) is 55.8 Å². The van der Waals surface area contributed by atoms with Crippen LogP contribution in [0.4, 0.5) is 0 Å². The maximum Gasteiger partial charge on any atom is 0.314 e. The highest BCUT2D eigenvalue weighted by molar-refractivity contribution is 5.77. The van der Waals surface area contributed by atoms with E-state index >= 15 is 0 Å². The summed E-state index contributed by atoms with van der Waals surface area (Å²) in [4.78, 5) is 12.8. The van der Waals surface area contributed by atoms with Gasteiger partial charge in [0, 0.05) is 0 Å². The highest BCUT2D eigenvalue weighted by Gasteiger charge is 2.63. The Morgan fingerprint density at radius 1 is 0.972 bits per heavy atom. The van der Waals surface area contributed by atoms with Gasteiger partial charge < -0.3 is 14.6 Å². The van der Waals surface area contributed by atoms with Crippen LogP contribution in [-0.2, 0) is 20.9 Å². The molecule has 0 saturated heterocycles. The summed E-state index contributed by atoms with van der Waals surface area (Å²) in [5.74, 6) is 2.44. The van der Waals surface area contributed by atoms with E-state index in [1.807, 2.05) is 20.8 Å². The predicted molar refractivity (Wildman–Crippen MR) is 142 cm³/mol. The number of ether oxygens (including phenoxy) is 2. The standard InChI is InChI=1S/C32H48O4/c1-6-35-28(33)29(2,3)32(34)19-18-30(4)23(20-32)12-13-24-25-14-15-27(31(25,5)17-16-26(24)30)36-21-22-10-8-7-9-11-22/h7-11,23-27,34H,6,12-21H2,1-5H3/t23-,24-,25+,26-,27-,30+,31+,32-/m0/s1. The summed E-state index contributed by atoms with van der Waals surface area (Å²) in [6, 6.07) is 10.6. The first-order chi connectivity index (χ1) is 17.0. The molecule has 0 radical (unpaired) electrons. The minimum Gasteiger partial charge on any atom is -0.465 e. The van der Waals surface area contributed by atoms with E-state index in [9.17, 15) is 9.90 Å². The highest BCUT2D eigenvalue weighted by atomic mass is 16.5. The van der Waals surface area contributed by atoms with Gasteiger partial charge in [-0.15, -0.1) is 0 Å². The van der Waals surface area contributed by atoms with Crippen molar-refractivity contribution in [3.8, 4) is 0 Å². The molecule has 200 valence electrons. The lowest BCUT2D eigenvalue weighted by Crippen LogP contribution is -2.60. The van der Waals surface area contributed by atoms with Crippen LogP contribution in [0.5, 0.6) is 0 Å². The Hall–Kier alpha value is -1.39. The highest BCUT2D eigenvalue weighted by Crippen LogP contribution is 2.68. The SMILES string of the molecule is CCOC(=O)C(C)(C)[C@]1(O)CC[C@]2(C)[C@@H](CC[C@H]3[C@H]4CC[C@H](OCc5ccccc5)[C@]4(C)CC[C@@H]32)C1. The van der Waals surface area contributed by atoms with E-state index in [-0.39, 0.29) is 16.8 Å². The fourth-order valence-electron chi connectivity index (χ4n) is 9.31. The summed E-state index contributed by atoms with van der Waals surface area (Å²) in [7, 11) is 0. The van der Waals surface area contributed by atoms with Gasteiger partial charge in [0.05, 0.1) is 30.3 Å². The van der Waals surface area contributed by atoms with Gasteiger partial charge in [-0.2, -0.15) is 0 Å². The molecular formula is C32H48O4. The van der Waals surface area contributed by atoms with Crippen molar-refractivity contribution in [2.75, 3.05) is 6.61 Å². The van der Waals surface area contributed by atoms with Crippen molar-refractivity contribution in [2.24, 2.45) is 39.9 Å². The largest absolute Gasteiger partial charge is 0.465 e. The number of benzene rings is 1. The van der Waals surface area contributed by atoms with Gasteiger partial charge >= 0.3 is 5.97 Å². The summed E-state index contributed by atoms with van der Waals surface area (Å²) in [6.45, 7) is 11.7. The number of carbonyl (C=O) groups is 1. The second kappa shape index (κ2) is 9.42. The summed E-state index contributed by atoms with van der Waals surface area (Å²) in [6.07, 6.45) is 10.2. The third kappa shape index (κ3) is 4.06. The summed E-state index contributed by atoms with van der Waals surface area (Å²) >= 11 is 0. The molecule has 36 heavy (non-hydrogen) atoms. The number of aliphatic hydroxyl groups is 1. The number of rotatable bonds is 6. The zero-order chi connectivity index (χ0) is 25.8. The molecule has 4 nitrogen and oxygen atoms in total. The van der Waals surface area contributed by atoms with Crippen molar-refractivity contribution in [1.29, 1.82) is 0 Å².